The van der Waals surface area contributed by atoms with Crippen LogP contribution in [0.5, 0.6) is 0 Å². The summed E-state index contributed by atoms with van der Waals surface area (Å²) in [6, 6.07) is 10.2. The van der Waals surface area contributed by atoms with Gasteiger partial charge in [0, 0.05) is 44.2 Å². The summed E-state index contributed by atoms with van der Waals surface area (Å²) < 4.78 is 40.0. The Bertz CT molecular complexity index is 1140. The van der Waals surface area contributed by atoms with Gasteiger partial charge >= 0.3 is 6.18 Å². The highest BCUT2D eigenvalue weighted by molar-refractivity contribution is 5.71. The van der Waals surface area contributed by atoms with Crippen LogP contribution in [-0.4, -0.2) is 27.6 Å². The van der Waals surface area contributed by atoms with Crippen LogP contribution in [0.3, 0.4) is 0 Å². The first kappa shape index (κ1) is 19.9. The van der Waals surface area contributed by atoms with Crippen molar-refractivity contribution in [3.05, 3.63) is 82.4 Å². The minimum Gasteiger partial charge on any atom is -0.338 e. The number of rotatable bonds is 3. The average molecular weight is 412 g/mol. The summed E-state index contributed by atoms with van der Waals surface area (Å²) in [5.74, 6) is 0.520. The molecule has 0 aliphatic carbocycles. The van der Waals surface area contributed by atoms with Gasteiger partial charge in [-0.05, 0) is 41.8 Å². The summed E-state index contributed by atoms with van der Waals surface area (Å²) >= 11 is 0. The predicted octanol–water partition coefficient (Wildman–Crippen LogP) is 4.15. The van der Waals surface area contributed by atoms with E-state index in [0.717, 1.165) is 28.8 Å². The van der Waals surface area contributed by atoms with Crippen molar-refractivity contribution in [1.82, 2.24) is 14.5 Å². The number of benzene rings is 1. The normalized spacial score (nSPS) is 14.5. The van der Waals surface area contributed by atoms with Crippen molar-refractivity contribution in [2.45, 2.75) is 12.6 Å². The van der Waals surface area contributed by atoms with Crippen molar-refractivity contribution in [3.8, 4) is 11.3 Å². The second-order valence-electron chi connectivity index (χ2n) is 7.09. The molecule has 1 aromatic carbocycles. The van der Waals surface area contributed by atoms with Gasteiger partial charge < -0.3 is 4.90 Å². The molecule has 1 aliphatic rings. The van der Waals surface area contributed by atoms with Gasteiger partial charge in [-0.3, -0.25) is 14.3 Å². The molecule has 0 amide bonds. The molecule has 0 N–H and O–H groups in total. The summed E-state index contributed by atoms with van der Waals surface area (Å²) in [7, 11) is 1.66. The molecule has 0 atom stereocenters. The zero-order chi connectivity index (χ0) is 21.3. The molecule has 0 saturated carbocycles. The van der Waals surface area contributed by atoms with E-state index in [1.54, 1.807) is 31.6 Å². The molecular weight excluding hydrogens is 393 g/mol. The number of anilines is 1. The highest BCUT2D eigenvalue weighted by Crippen LogP contribution is 2.31. The predicted molar refractivity (Wildman–Crippen MR) is 109 cm³/mol. The smallest absolute Gasteiger partial charge is 0.338 e. The molecule has 154 valence electrons. The third-order valence-electron chi connectivity index (χ3n) is 5.10. The number of nitrogens with zero attached hydrogens (tertiary/aromatic N) is 4. The van der Waals surface area contributed by atoms with Gasteiger partial charge in [0.25, 0.3) is 5.56 Å². The van der Waals surface area contributed by atoms with Gasteiger partial charge in [0.2, 0.25) is 5.95 Å². The molecule has 0 unspecified atom stereocenters. The second-order valence-corrected chi connectivity index (χ2v) is 7.09. The lowest BCUT2D eigenvalue weighted by Gasteiger charge is -2.30. The Balaban J connectivity index is 1.64. The Labute approximate surface area is 171 Å². The SMILES string of the molecule is Cn1c(N2CCC=C(c3ccc(C(F)(F)F)cc3)C2)nc(-c2ccncc2)cc1=O. The molecule has 8 heteroatoms. The molecule has 0 radical (unpaired) electrons. The number of halogens is 3. The fraction of sp³-hybridized carbons (Fsp3) is 0.227. The maximum atomic E-state index is 12.8. The van der Waals surface area contributed by atoms with E-state index < -0.39 is 11.7 Å². The first-order valence-corrected chi connectivity index (χ1v) is 9.43. The zero-order valence-electron chi connectivity index (χ0n) is 16.2. The molecule has 0 bridgehead atoms. The van der Waals surface area contributed by atoms with Crippen molar-refractivity contribution < 1.29 is 13.2 Å². The quantitative estimate of drug-likeness (QED) is 0.649. The fourth-order valence-electron chi connectivity index (χ4n) is 3.48. The van der Waals surface area contributed by atoms with Gasteiger partial charge in [0.1, 0.15) is 0 Å². The Kier molecular flexibility index (Phi) is 5.15. The molecule has 2 aromatic heterocycles. The Hall–Kier alpha value is -3.42. The summed E-state index contributed by atoms with van der Waals surface area (Å²) in [4.78, 5) is 23.2. The Morgan fingerprint density at radius 1 is 1.00 bits per heavy atom. The van der Waals surface area contributed by atoms with Crippen LogP contribution in [0.1, 0.15) is 17.5 Å². The van der Waals surface area contributed by atoms with E-state index in [2.05, 4.69) is 9.97 Å². The summed E-state index contributed by atoms with van der Waals surface area (Å²) in [6.07, 6.45) is 1.64. The van der Waals surface area contributed by atoms with Crippen molar-refractivity contribution >= 4 is 11.5 Å². The number of hydrogen-bond acceptors (Lipinski definition) is 4. The molecule has 5 nitrogen and oxygen atoms in total. The highest BCUT2D eigenvalue weighted by atomic mass is 19.4. The van der Waals surface area contributed by atoms with E-state index in [4.69, 9.17) is 0 Å². The van der Waals surface area contributed by atoms with Crippen LogP contribution >= 0.6 is 0 Å². The van der Waals surface area contributed by atoms with Crippen LogP contribution in [0.15, 0.2) is 65.7 Å². The van der Waals surface area contributed by atoms with Crippen molar-refractivity contribution in [1.29, 1.82) is 0 Å². The number of hydrogen-bond donors (Lipinski definition) is 0. The van der Waals surface area contributed by atoms with Crippen molar-refractivity contribution in [2.75, 3.05) is 18.0 Å². The lowest BCUT2D eigenvalue weighted by molar-refractivity contribution is -0.137. The van der Waals surface area contributed by atoms with E-state index in [1.807, 2.05) is 11.0 Å². The number of aromatic nitrogens is 3. The summed E-state index contributed by atoms with van der Waals surface area (Å²) in [6.45, 7) is 1.11. The Morgan fingerprint density at radius 2 is 1.70 bits per heavy atom. The van der Waals surface area contributed by atoms with Crippen LogP contribution in [0.25, 0.3) is 16.8 Å². The third-order valence-corrected chi connectivity index (χ3v) is 5.10. The van der Waals surface area contributed by atoms with Crippen LogP contribution in [-0.2, 0) is 13.2 Å². The summed E-state index contributed by atoms with van der Waals surface area (Å²) in [5, 5.41) is 0. The van der Waals surface area contributed by atoms with E-state index in [1.165, 1.54) is 22.8 Å². The van der Waals surface area contributed by atoms with Crippen LogP contribution in [0.2, 0.25) is 0 Å². The lowest BCUT2D eigenvalue weighted by atomic mass is 10.00. The molecule has 0 saturated heterocycles. The topological polar surface area (TPSA) is 51.0 Å². The van der Waals surface area contributed by atoms with Gasteiger partial charge in [-0.15, -0.1) is 0 Å². The molecule has 3 aromatic rings. The number of alkyl halides is 3. The fourth-order valence-corrected chi connectivity index (χ4v) is 3.48. The van der Waals surface area contributed by atoms with E-state index >= 15 is 0 Å². The molecule has 4 rings (SSSR count). The highest BCUT2D eigenvalue weighted by Gasteiger charge is 2.30. The third kappa shape index (κ3) is 3.98. The van der Waals surface area contributed by atoms with Gasteiger partial charge in [-0.1, -0.05) is 18.2 Å². The monoisotopic (exact) mass is 412 g/mol. The van der Waals surface area contributed by atoms with Crippen LogP contribution < -0.4 is 10.5 Å². The van der Waals surface area contributed by atoms with Crippen molar-refractivity contribution in [2.24, 2.45) is 7.05 Å². The molecule has 1 aliphatic heterocycles. The standard InChI is InChI=1S/C22H19F3N4O/c1-28-20(30)13-19(16-8-10-26-11-9-16)27-21(28)29-12-2-3-17(14-29)15-4-6-18(7-5-15)22(23,24)25/h3-11,13H,2,12,14H2,1H3. The van der Waals surface area contributed by atoms with Gasteiger partial charge in [-0.25, -0.2) is 4.98 Å². The van der Waals surface area contributed by atoms with Gasteiger partial charge in [0.15, 0.2) is 0 Å². The van der Waals surface area contributed by atoms with Gasteiger partial charge in [0.05, 0.1) is 11.3 Å². The van der Waals surface area contributed by atoms with Crippen molar-refractivity contribution in [3.63, 3.8) is 0 Å². The molecule has 3 heterocycles. The van der Waals surface area contributed by atoms with Crippen LogP contribution in [0.4, 0.5) is 19.1 Å². The van der Waals surface area contributed by atoms with E-state index in [-0.39, 0.29) is 5.56 Å². The van der Waals surface area contributed by atoms with Crippen LogP contribution in [0, 0.1) is 0 Å². The second kappa shape index (κ2) is 7.78. The maximum Gasteiger partial charge on any atom is 0.416 e. The summed E-state index contributed by atoms with van der Waals surface area (Å²) in [5.41, 5.74) is 2.12. The Morgan fingerprint density at radius 3 is 2.37 bits per heavy atom. The lowest BCUT2D eigenvalue weighted by Crippen LogP contribution is -2.35. The molecular formula is C22H19F3N4O. The molecule has 30 heavy (non-hydrogen) atoms. The maximum absolute atomic E-state index is 12.8. The molecule has 0 fully saturated rings. The zero-order valence-corrected chi connectivity index (χ0v) is 16.2. The molecule has 0 spiro atoms. The minimum atomic E-state index is -4.36. The number of pyridine rings is 1. The van der Waals surface area contributed by atoms with E-state index in [0.29, 0.717) is 31.2 Å². The average Bonchev–Trinajstić information content (AvgIpc) is 2.76. The minimum absolute atomic E-state index is 0.183. The largest absolute Gasteiger partial charge is 0.416 e. The van der Waals surface area contributed by atoms with Gasteiger partial charge in [-0.2, -0.15) is 13.2 Å². The van der Waals surface area contributed by atoms with E-state index in [9.17, 15) is 18.0 Å². The first-order valence-electron chi connectivity index (χ1n) is 9.43. The first-order chi connectivity index (χ1) is 14.3.